The standard InChI is InChI=1S/C30H21F3N2O6/c31-9-1-3-11-12(5-9)17-14(7-29-21(11)25(29)30(29)26(38)24(37)22(33)16(8-36)41-30)23-18(20-19(17)27(39)35-28(20)40)13-6-10(32)2-4-15(13)34-23/h1-6,16,21-22,24-26,34,36-38H,7-8H2,(H,35,39,40)/t16-,21?,22-,24+,25?,26-,29+,30+/m1/s1. The molecule has 0 radical (unpaired) electrons. The van der Waals surface area contributed by atoms with Crippen LogP contribution < -0.4 is 5.32 Å². The number of aromatic amines is 1. The van der Waals surface area contributed by atoms with Gasteiger partial charge in [0, 0.05) is 39.1 Å². The normalized spacial score (nSPS) is 36.0. The second kappa shape index (κ2) is 7.16. The van der Waals surface area contributed by atoms with Crippen LogP contribution in [-0.4, -0.2) is 68.8 Å². The van der Waals surface area contributed by atoms with Gasteiger partial charge in [-0.05, 0) is 53.4 Å². The van der Waals surface area contributed by atoms with Gasteiger partial charge in [-0.15, -0.1) is 0 Å². The van der Waals surface area contributed by atoms with E-state index < -0.39 is 65.6 Å². The Labute approximate surface area is 228 Å². The van der Waals surface area contributed by atoms with Crippen molar-refractivity contribution in [3.8, 4) is 11.1 Å². The smallest absolute Gasteiger partial charge is 0.259 e. The van der Waals surface area contributed by atoms with E-state index in [-0.39, 0.29) is 29.4 Å². The molecule has 2 unspecified atom stereocenters. The van der Waals surface area contributed by atoms with Gasteiger partial charge in [-0.3, -0.25) is 14.9 Å². The molecule has 3 heterocycles. The average molecular weight is 563 g/mol. The van der Waals surface area contributed by atoms with Crippen LogP contribution in [0.15, 0.2) is 36.4 Å². The van der Waals surface area contributed by atoms with Crippen LogP contribution in [0.25, 0.3) is 32.9 Å². The highest BCUT2D eigenvalue weighted by molar-refractivity contribution is 6.33. The minimum Gasteiger partial charge on any atom is -0.394 e. The number of H-pyrrole nitrogens is 1. The van der Waals surface area contributed by atoms with Crippen molar-refractivity contribution in [3.63, 3.8) is 0 Å². The number of nitrogens with one attached hydrogen (secondary N) is 2. The molecule has 41 heavy (non-hydrogen) atoms. The summed E-state index contributed by atoms with van der Waals surface area (Å²) in [6.45, 7) is -0.702. The molecule has 9 rings (SSSR count). The third-order valence-corrected chi connectivity index (χ3v) is 10.3. The summed E-state index contributed by atoms with van der Waals surface area (Å²) < 4.78 is 50.1. The van der Waals surface area contributed by atoms with E-state index in [1.807, 2.05) is 0 Å². The van der Waals surface area contributed by atoms with Gasteiger partial charge < -0.3 is 25.0 Å². The number of fused-ring (bicyclic) bond motifs is 13. The number of halogens is 3. The van der Waals surface area contributed by atoms with Crippen LogP contribution in [0.3, 0.4) is 0 Å². The Morgan fingerprint density at radius 2 is 1.73 bits per heavy atom. The van der Waals surface area contributed by atoms with Crippen LogP contribution in [-0.2, 0) is 11.2 Å². The lowest BCUT2D eigenvalue weighted by Gasteiger charge is -2.46. The number of aromatic nitrogens is 1. The van der Waals surface area contributed by atoms with Gasteiger partial charge in [0.2, 0.25) is 0 Å². The number of rotatable bonds is 1. The third-order valence-electron chi connectivity index (χ3n) is 10.3. The zero-order valence-corrected chi connectivity index (χ0v) is 21.0. The topological polar surface area (TPSA) is 132 Å². The predicted octanol–water partition coefficient (Wildman–Crippen LogP) is 2.61. The molecule has 11 heteroatoms. The van der Waals surface area contributed by atoms with E-state index in [1.54, 1.807) is 6.07 Å². The molecule has 2 saturated carbocycles. The number of carbonyl (C=O) groups is 2. The maximum absolute atomic E-state index is 14.8. The average Bonchev–Trinajstić information content (AvgIpc) is 3.67. The van der Waals surface area contributed by atoms with Crippen molar-refractivity contribution in [2.45, 2.75) is 42.4 Å². The fourth-order valence-corrected chi connectivity index (χ4v) is 8.69. The molecule has 208 valence electrons. The first-order valence-corrected chi connectivity index (χ1v) is 13.4. The quantitative estimate of drug-likeness (QED) is 0.227. The van der Waals surface area contributed by atoms with Crippen molar-refractivity contribution in [2.24, 2.45) is 11.3 Å². The predicted molar refractivity (Wildman–Crippen MR) is 137 cm³/mol. The summed E-state index contributed by atoms with van der Waals surface area (Å²) >= 11 is 0. The fraction of sp³-hybridized carbons (Fsp3) is 0.333. The molecule has 1 saturated heterocycles. The minimum absolute atomic E-state index is 0.0562. The molecular weight excluding hydrogens is 541 g/mol. The number of benzene rings is 3. The molecule has 8 atom stereocenters. The maximum Gasteiger partial charge on any atom is 0.259 e. The Kier molecular flexibility index (Phi) is 4.17. The Morgan fingerprint density at radius 3 is 2.51 bits per heavy atom. The van der Waals surface area contributed by atoms with Crippen molar-refractivity contribution in [2.75, 3.05) is 6.61 Å². The number of alkyl halides is 1. The fourth-order valence-electron chi connectivity index (χ4n) is 8.69. The minimum atomic E-state index is -2.00. The first kappa shape index (κ1) is 23.9. The Hall–Kier alpha value is -3.77. The van der Waals surface area contributed by atoms with Gasteiger partial charge in [0.05, 0.1) is 23.3 Å². The van der Waals surface area contributed by atoms with Gasteiger partial charge in [-0.2, -0.15) is 0 Å². The summed E-state index contributed by atoms with van der Waals surface area (Å²) in [5, 5.41) is 34.7. The van der Waals surface area contributed by atoms with Gasteiger partial charge in [0.15, 0.2) is 6.17 Å². The summed E-state index contributed by atoms with van der Waals surface area (Å²) in [4.78, 5) is 29.8. The lowest BCUT2D eigenvalue weighted by atomic mass is 9.77. The molecule has 3 aliphatic carbocycles. The van der Waals surface area contributed by atoms with Crippen LogP contribution >= 0.6 is 0 Å². The number of aliphatic hydroxyl groups excluding tert-OH is 3. The largest absolute Gasteiger partial charge is 0.394 e. The zero-order valence-electron chi connectivity index (χ0n) is 21.0. The van der Waals surface area contributed by atoms with Crippen molar-refractivity contribution in [3.05, 3.63) is 70.3 Å². The highest BCUT2D eigenvalue weighted by Gasteiger charge is 2.99. The Morgan fingerprint density at radius 1 is 1.00 bits per heavy atom. The molecule has 2 spiro atoms. The second-order valence-electron chi connectivity index (χ2n) is 11.9. The summed E-state index contributed by atoms with van der Waals surface area (Å²) in [7, 11) is 0. The van der Waals surface area contributed by atoms with Crippen molar-refractivity contribution >= 4 is 33.6 Å². The summed E-state index contributed by atoms with van der Waals surface area (Å²) in [6.07, 6.45) is -6.58. The molecule has 4 aromatic rings. The highest BCUT2D eigenvalue weighted by atomic mass is 19.1. The number of carbonyl (C=O) groups excluding carboxylic acids is 2. The summed E-state index contributed by atoms with van der Waals surface area (Å²) in [5.41, 5.74) is 0.810. The van der Waals surface area contributed by atoms with Gasteiger partial charge in [-0.1, -0.05) is 6.07 Å². The molecular formula is C30H21F3N2O6. The number of aliphatic hydroxyl groups is 3. The van der Waals surface area contributed by atoms with E-state index in [1.165, 1.54) is 30.3 Å². The second-order valence-corrected chi connectivity index (χ2v) is 11.9. The number of imide groups is 1. The molecule has 5 aliphatic rings. The van der Waals surface area contributed by atoms with E-state index in [0.29, 0.717) is 44.1 Å². The van der Waals surface area contributed by atoms with E-state index in [9.17, 15) is 38.1 Å². The molecule has 1 aromatic heterocycles. The summed E-state index contributed by atoms with van der Waals surface area (Å²) in [5.74, 6) is -3.09. The highest BCUT2D eigenvalue weighted by Crippen LogP contribution is 2.94. The molecule has 0 bridgehead atoms. The van der Waals surface area contributed by atoms with Crippen LogP contribution in [0.1, 0.15) is 37.8 Å². The van der Waals surface area contributed by atoms with Crippen LogP contribution in [0.4, 0.5) is 13.2 Å². The van der Waals surface area contributed by atoms with Crippen molar-refractivity contribution < 1.29 is 42.8 Å². The Bertz CT molecular complexity index is 1940. The van der Waals surface area contributed by atoms with Gasteiger partial charge in [0.25, 0.3) is 11.8 Å². The molecule has 2 aliphatic heterocycles. The molecule has 5 N–H and O–H groups in total. The van der Waals surface area contributed by atoms with E-state index in [2.05, 4.69) is 10.3 Å². The lowest BCUT2D eigenvalue weighted by molar-refractivity contribution is -0.250. The van der Waals surface area contributed by atoms with Crippen LogP contribution in [0, 0.1) is 23.0 Å². The van der Waals surface area contributed by atoms with Gasteiger partial charge in [0.1, 0.15) is 35.5 Å². The van der Waals surface area contributed by atoms with Crippen molar-refractivity contribution in [1.29, 1.82) is 0 Å². The Balaban J connectivity index is 1.38. The van der Waals surface area contributed by atoms with Crippen molar-refractivity contribution in [1.82, 2.24) is 10.3 Å². The number of amides is 2. The van der Waals surface area contributed by atoms with Crippen LogP contribution in [0.2, 0.25) is 0 Å². The van der Waals surface area contributed by atoms with E-state index in [4.69, 9.17) is 4.74 Å². The first-order valence-electron chi connectivity index (χ1n) is 13.4. The maximum atomic E-state index is 14.8. The van der Waals surface area contributed by atoms with Gasteiger partial charge in [-0.25, -0.2) is 13.2 Å². The lowest BCUT2D eigenvalue weighted by Crippen LogP contribution is -2.62. The molecule has 3 aromatic carbocycles. The van der Waals surface area contributed by atoms with Crippen LogP contribution in [0.5, 0.6) is 0 Å². The zero-order chi connectivity index (χ0) is 28.3. The number of hydrogen-bond acceptors (Lipinski definition) is 6. The van der Waals surface area contributed by atoms with E-state index in [0.717, 1.165) is 0 Å². The molecule has 3 fully saturated rings. The first-order chi connectivity index (χ1) is 19.7. The van der Waals surface area contributed by atoms with E-state index >= 15 is 0 Å². The summed E-state index contributed by atoms with van der Waals surface area (Å²) in [6, 6.07) is 8.27. The number of hydrogen-bond donors (Lipinski definition) is 5. The number of ether oxygens (including phenoxy) is 1. The molecule has 2 amide bonds. The molecule has 8 nitrogen and oxygen atoms in total. The third kappa shape index (κ3) is 2.46. The SMILES string of the molecule is O=C1NC(=O)c2c1c1c(c3[nH]c4ccc(F)cc4c23)C[C@]23C(c4ccc(F)cc4-1)C2[C@@]31O[C@H](CO)[C@@H](F)[C@H](O)[C@H]1O. The monoisotopic (exact) mass is 562 g/mol. The van der Waals surface area contributed by atoms with Gasteiger partial charge >= 0.3 is 0 Å².